The topological polar surface area (TPSA) is 64.9 Å². The highest BCUT2D eigenvalue weighted by atomic mass is 79.9. The minimum atomic E-state index is -0.390. The molecule has 2 rings (SSSR count). The first-order chi connectivity index (χ1) is 6.68. The van der Waals surface area contributed by atoms with Crippen LogP contribution in [0.1, 0.15) is 0 Å². The lowest BCUT2D eigenvalue weighted by atomic mass is 10.2. The fourth-order valence-electron chi connectivity index (χ4n) is 1.01. The van der Waals surface area contributed by atoms with Crippen LogP contribution in [-0.2, 0) is 0 Å². The van der Waals surface area contributed by atoms with Gasteiger partial charge < -0.3 is 10.3 Å². The molecule has 6 heteroatoms. The molecule has 0 amide bonds. The van der Waals surface area contributed by atoms with Gasteiger partial charge in [-0.2, -0.15) is 4.98 Å². The first-order valence-corrected chi connectivity index (χ1v) is 4.51. The lowest BCUT2D eigenvalue weighted by molar-refractivity contribution is 0.432. The molecule has 2 N–H and O–H groups in total. The van der Waals surface area contributed by atoms with Crippen molar-refractivity contribution in [3.8, 4) is 11.5 Å². The van der Waals surface area contributed by atoms with Crippen molar-refractivity contribution in [3.63, 3.8) is 0 Å². The molecular formula is C8H5BrFN3O. The van der Waals surface area contributed by atoms with Gasteiger partial charge >= 0.3 is 0 Å². The Bertz CT molecular complexity index is 471. The maximum Gasteiger partial charge on any atom is 0.261 e. The molecule has 0 aliphatic carbocycles. The number of nitrogen functional groups attached to an aromatic ring is 1. The van der Waals surface area contributed by atoms with Gasteiger partial charge in [0.15, 0.2) is 0 Å². The number of anilines is 1. The third kappa shape index (κ3) is 1.48. The Morgan fingerprint density at radius 3 is 2.86 bits per heavy atom. The molecule has 2 aromatic rings. The van der Waals surface area contributed by atoms with Crippen LogP contribution in [-0.4, -0.2) is 10.1 Å². The summed E-state index contributed by atoms with van der Waals surface area (Å²) in [5.74, 6) is -0.177. The highest BCUT2D eigenvalue weighted by molar-refractivity contribution is 9.10. The number of nitrogens with two attached hydrogens (primary N) is 1. The number of hydrogen-bond donors (Lipinski definition) is 1. The zero-order valence-corrected chi connectivity index (χ0v) is 8.45. The van der Waals surface area contributed by atoms with Gasteiger partial charge in [0.05, 0.1) is 10.0 Å². The lowest BCUT2D eigenvalue weighted by Gasteiger charge is -1.98. The van der Waals surface area contributed by atoms with Gasteiger partial charge in [0.2, 0.25) is 0 Å². The molecule has 1 aromatic carbocycles. The molecule has 0 spiro atoms. The van der Waals surface area contributed by atoms with Crippen LogP contribution in [0.25, 0.3) is 11.5 Å². The summed E-state index contributed by atoms with van der Waals surface area (Å²) in [5, 5.41) is 3.41. The van der Waals surface area contributed by atoms with Crippen LogP contribution >= 0.6 is 15.9 Å². The summed E-state index contributed by atoms with van der Waals surface area (Å²) in [6, 6.07) is 4.53. The average Bonchev–Trinajstić information content (AvgIpc) is 2.57. The summed E-state index contributed by atoms with van der Waals surface area (Å²) in [5.41, 5.74) is 5.76. The van der Waals surface area contributed by atoms with Gasteiger partial charge in [-0.25, -0.2) is 4.39 Å². The minimum Gasteiger partial charge on any atom is -0.365 e. The first-order valence-electron chi connectivity index (χ1n) is 3.72. The van der Waals surface area contributed by atoms with Crippen LogP contribution in [0.2, 0.25) is 0 Å². The Morgan fingerprint density at radius 1 is 1.43 bits per heavy atom. The highest BCUT2D eigenvalue weighted by Gasteiger charge is 2.12. The molecule has 0 fully saturated rings. The third-order valence-corrected chi connectivity index (χ3v) is 2.43. The van der Waals surface area contributed by atoms with Crippen LogP contribution in [0, 0.1) is 5.82 Å². The van der Waals surface area contributed by atoms with Crippen molar-refractivity contribution in [1.82, 2.24) is 10.1 Å². The van der Waals surface area contributed by atoms with Crippen LogP contribution in [0.15, 0.2) is 27.2 Å². The summed E-state index contributed by atoms with van der Waals surface area (Å²) < 4.78 is 18.2. The van der Waals surface area contributed by atoms with E-state index < -0.39 is 0 Å². The molecule has 0 atom stereocenters. The Kier molecular flexibility index (Phi) is 2.20. The molecule has 0 unspecified atom stereocenters. The van der Waals surface area contributed by atoms with Crippen LogP contribution in [0.5, 0.6) is 0 Å². The Morgan fingerprint density at radius 2 is 2.21 bits per heavy atom. The summed E-state index contributed by atoms with van der Waals surface area (Å²) in [4.78, 5) is 3.79. The molecule has 1 heterocycles. The van der Waals surface area contributed by atoms with E-state index in [1.807, 2.05) is 0 Å². The monoisotopic (exact) mass is 257 g/mol. The largest absolute Gasteiger partial charge is 0.365 e. The summed E-state index contributed by atoms with van der Waals surface area (Å²) in [6.07, 6.45) is 0. The smallest absolute Gasteiger partial charge is 0.261 e. The Labute approximate surface area is 87.0 Å². The van der Waals surface area contributed by atoms with Crippen molar-refractivity contribution in [1.29, 1.82) is 0 Å². The van der Waals surface area contributed by atoms with Gasteiger partial charge in [-0.05, 0) is 33.2 Å². The number of halogens is 2. The van der Waals surface area contributed by atoms with E-state index in [-0.39, 0.29) is 22.1 Å². The van der Waals surface area contributed by atoms with E-state index in [9.17, 15) is 4.39 Å². The van der Waals surface area contributed by atoms with Crippen molar-refractivity contribution < 1.29 is 8.91 Å². The molecule has 14 heavy (non-hydrogen) atoms. The molecule has 0 saturated heterocycles. The minimum absolute atomic E-state index is 0.0242. The van der Waals surface area contributed by atoms with Crippen molar-refractivity contribution >= 4 is 21.9 Å². The zero-order chi connectivity index (χ0) is 10.1. The SMILES string of the molecule is Nc1noc(-c2cccc(F)c2Br)n1. The van der Waals surface area contributed by atoms with Crippen molar-refractivity contribution in [2.24, 2.45) is 0 Å². The quantitative estimate of drug-likeness (QED) is 0.851. The van der Waals surface area contributed by atoms with Crippen LogP contribution in [0.3, 0.4) is 0 Å². The van der Waals surface area contributed by atoms with Gasteiger partial charge in [-0.3, -0.25) is 0 Å². The number of rotatable bonds is 1. The Hall–Kier alpha value is -1.43. The predicted molar refractivity (Wildman–Crippen MR) is 51.8 cm³/mol. The fourth-order valence-corrected chi connectivity index (χ4v) is 1.45. The van der Waals surface area contributed by atoms with Crippen LogP contribution < -0.4 is 5.73 Å². The molecule has 0 aliphatic heterocycles. The molecule has 1 aromatic heterocycles. The van der Waals surface area contributed by atoms with E-state index in [1.165, 1.54) is 6.07 Å². The van der Waals surface area contributed by atoms with E-state index in [0.29, 0.717) is 5.56 Å². The number of aromatic nitrogens is 2. The van der Waals surface area contributed by atoms with Gasteiger partial charge in [0.1, 0.15) is 5.82 Å². The third-order valence-electron chi connectivity index (χ3n) is 1.62. The molecule has 0 radical (unpaired) electrons. The highest BCUT2D eigenvalue weighted by Crippen LogP contribution is 2.29. The second-order valence-electron chi connectivity index (χ2n) is 2.56. The zero-order valence-electron chi connectivity index (χ0n) is 6.87. The van der Waals surface area contributed by atoms with Gasteiger partial charge in [0, 0.05) is 0 Å². The van der Waals surface area contributed by atoms with Gasteiger partial charge in [-0.1, -0.05) is 6.07 Å². The second kappa shape index (κ2) is 3.38. The number of nitrogens with zero attached hydrogens (tertiary/aromatic N) is 2. The molecule has 0 saturated carbocycles. The van der Waals surface area contributed by atoms with E-state index in [1.54, 1.807) is 12.1 Å². The average molecular weight is 258 g/mol. The first kappa shape index (κ1) is 9.14. The summed E-state index contributed by atoms with van der Waals surface area (Å²) >= 11 is 3.08. The standard InChI is InChI=1S/C8H5BrFN3O/c9-6-4(2-1-3-5(6)10)7-12-8(11)13-14-7/h1-3H,(H2,11,13). The summed E-state index contributed by atoms with van der Waals surface area (Å²) in [7, 11) is 0. The van der Waals surface area contributed by atoms with E-state index >= 15 is 0 Å². The maximum atomic E-state index is 13.1. The van der Waals surface area contributed by atoms with E-state index in [2.05, 4.69) is 26.1 Å². The molecular weight excluding hydrogens is 253 g/mol. The van der Waals surface area contributed by atoms with Gasteiger partial charge in [-0.15, -0.1) is 0 Å². The molecule has 72 valence electrons. The van der Waals surface area contributed by atoms with Crippen molar-refractivity contribution in [2.75, 3.05) is 5.73 Å². The molecule has 4 nitrogen and oxygen atoms in total. The lowest BCUT2D eigenvalue weighted by Crippen LogP contribution is -1.87. The number of benzene rings is 1. The summed E-state index contributed by atoms with van der Waals surface area (Å²) in [6.45, 7) is 0. The van der Waals surface area contributed by atoms with Crippen LogP contribution in [0.4, 0.5) is 10.3 Å². The van der Waals surface area contributed by atoms with E-state index in [0.717, 1.165) is 0 Å². The predicted octanol–water partition coefficient (Wildman–Crippen LogP) is 2.22. The second-order valence-corrected chi connectivity index (χ2v) is 3.35. The van der Waals surface area contributed by atoms with E-state index in [4.69, 9.17) is 10.3 Å². The number of hydrogen-bond acceptors (Lipinski definition) is 4. The van der Waals surface area contributed by atoms with Crippen molar-refractivity contribution in [2.45, 2.75) is 0 Å². The fraction of sp³-hybridized carbons (Fsp3) is 0. The van der Waals surface area contributed by atoms with Crippen molar-refractivity contribution in [3.05, 3.63) is 28.5 Å². The molecule has 0 aliphatic rings. The normalized spacial score (nSPS) is 10.4. The maximum absolute atomic E-state index is 13.1. The molecule has 0 bridgehead atoms. The van der Waals surface area contributed by atoms with Gasteiger partial charge in [0.25, 0.3) is 11.8 Å². The Balaban J connectivity index is 2.57.